The normalized spacial score (nSPS) is 10.6. The van der Waals surface area contributed by atoms with Gasteiger partial charge >= 0.3 is 5.97 Å². The van der Waals surface area contributed by atoms with Crippen molar-refractivity contribution < 1.29 is 28.6 Å². The number of hydrogen-bond donors (Lipinski definition) is 1. The van der Waals surface area contributed by atoms with Gasteiger partial charge in [-0.2, -0.15) is 0 Å². The number of esters is 1. The number of nitrogens with zero attached hydrogens (tertiary/aromatic N) is 1. The second kappa shape index (κ2) is 11.3. The third-order valence-corrected chi connectivity index (χ3v) is 4.91. The van der Waals surface area contributed by atoms with E-state index in [9.17, 15) is 14.4 Å². The number of H-pyrrole nitrogens is 1. The molecule has 0 aliphatic carbocycles. The van der Waals surface area contributed by atoms with E-state index in [1.54, 1.807) is 52.1 Å². The molecule has 2 rings (SSSR count). The summed E-state index contributed by atoms with van der Waals surface area (Å²) in [6, 6.07) is 6.81. The van der Waals surface area contributed by atoms with Gasteiger partial charge in [0.2, 0.25) is 0 Å². The summed E-state index contributed by atoms with van der Waals surface area (Å²) >= 11 is 0. The number of carbonyl (C=O) groups excluding carboxylic acids is 3. The first-order valence-corrected chi connectivity index (χ1v) is 10.2. The number of aromatic amines is 1. The van der Waals surface area contributed by atoms with Crippen molar-refractivity contribution in [2.75, 3.05) is 40.5 Å². The number of nitrogens with one attached hydrogen (secondary N) is 1. The molecule has 1 heterocycles. The summed E-state index contributed by atoms with van der Waals surface area (Å²) in [5.74, 6) is -0.479. The molecule has 0 aliphatic rings. The van der Waals surface area contributed by atoms with Crippen molar-refractivity contribution in [1.82, 2.24) is 9.88 Å². The van der Waals surface area contributed by atoms with Crippen molar-refractivity contribution in [3.63, 3.8) is 0 Å². The van der Waals surface area contributed by atoms with Crippen molar-refractivity contribution in [2.45, 2.75) is 27.2 Å². The minimum Gasteiger partial charge on any atom is -0.497 e. The fourth-order valence-corrected chi connectivity index (χ4v) is 3.42. The first-order chi connectivity index (χ1) is 14.8. The Labute approximate surface area is 182 Å². The quantitative estimate of drug-likeness (QED) is 0.334. The first-order valence-electron chi connectivity index (χ1n) is 10.2. The van der Waals surface area contributed by atoms with Gasteiger partial charge in [0.1, 0.15) is 11.4 Å². The lowest BCUT2D eigenvalue weighted by Crippen LogP contribution is -2.37. The maximum Gasteiger partial charge on any atom is 0.355 e. The number of amides is 1. The summed E-state index contributed by atoms with van der Waals surface area (Å²) < 4.78 is 15.3. The van der Waals surface area contributed by atoms with Gasteiger partial charge in [-0.1, -0.05) is 6.07 Å². The topological polar surface area (TPSA) is 97.9 Å². The number of Topliss-reactive ketones (excluding diaryl/α,β-unsaturated/α-hetero) is 1. The highest BCUT2D eigenvalue weighted by molar-refractivity contribution is 6.05. The number of aryl methyl sites for hydroxylation is 1. The molecule has 0 fully saturated rings. The smallest absolute Gasteiger partial charge is 0.355 e. The number of ketones is 1. The molecule has 1 aromatic carbocycles. The molecule has 0 radical (unpaired) electrons. The molecule has 0 spiro atoms. The molecule has 1 N–H and O–H groups in total. The van der Waals surface area contributed by atoms with Crippen LogP contribution >= 0.6 is 0 Å². The van der Waals surface area contributed by atoms with Crippen LogP contribution in [0.5, 0.6) is 5.75 Å². The summed E-state index contributed by atoms with van der Waals surface area (Å²) in [5, 5.41) is 0. The van der Waals surface area contributed by atoms with Crippen LogP contribution in [0.1, 0.15) is 55.8 Å². The monoisotopic (exact) mass is 430 g/mol. The van der Waals surface area contributed by atoms with E-state index in [0.29, 0.717) is 47.7 Å². The van der Waals surface area contributed by atoms with Gasteiger partial charge in [-0.05, 0) is 51.0 Å². The largest absolute Gasteiger partial charge is 0.497 e. The molecule has 0 aliphatic heterocycles. The maximum atomic E-state index is 13.2. The van der Waals surface area contributed by atoms with Crippen LogP contribution in [0.25, 0.3) is 0 Å². The maximum absolute atomic E-state index is 13.2. The Morgan fingerprint density at radius 3 is 2.52 bits per heavy atom. The molecule has 1 aromatic heterocycles. The molecule has 168 valence electrons. The van der Waals surface area contributed by atoms with Crippen LogP contribution in [0.2, 0.25) is 0 Å². The second-order valence-electron chi connectivity index (χ2n) is 7.07. The van der Waals surface area contributed by atoms with E-state index >= 15 is 0 Å². The molecule has 8 nitrogen and oxygen atoms in total. The number of carbonyl (C=O) groups is 3. The van der Waals surface area contributed by atoms with Crippen molar-refractivity contribution in [1.29, 1.82) is 0 Å². The van der Waals surface area contributed by atoms with Crippen LogP contribution in [0.15, 0.2) is 24.3 Å². The van der Waals surface area contributed by atoms with E-state index in [2.05, 4.69) is 4.98 Å². The average molecular weight is 431 g/mol. The fourth-order valence-electron chi connectivity index (χ4n) is 3.42. The lowest BCUT2D eigenvalue weighted by atomic mass is 10.0. The van der Waals surface area contributed by atoms with Crippen molar-refractivity contribution in [3.8, 4) is 5.75 Å². The fraction of sp³-hybridized carbons (Fsp3) is 0.435. The third kappa shape index (κ3) is 5.95. The van der Waals surface area contributed by atoms with Gasteiger partial charge in [-0.25, -0.2) is 4.79 Å². The SMILES string of the molecule is CCOC(=O)c1[nH]c(C)c(C(=O)CN(CCCOC)C(=O)c2cccc(OC)c2)c1C. The molecule has 8 heteroatoms. The molecular weight excluding hydrogens is 400 g/mol. The van der Waals surface area contributed by atoms with Gasteiger partial charge in [-0.3, -0.25) is 9.59 Å². The molecule has 2 aromatic rings. The van der Waals surface area contributed by atoms with Crippen molar-refractivity contribution in [3.05, 3.63) is 52.3 Å². The average Bonchev–Trinajstić information content (AvgIpc) is 3.06. The molecule has 31 heavy (non-hydrogen) atoms. The van der Waals surface area contributed by atoms with E-state index < -0.39 is 5.97 Å². The summed E-state index contributed by atoms with van der Waals surface area (Å²) in [4.78, 5) is 42.9. The lowest BCUT2D eigenvalue weighted by molar-refractivity contribution is 0.0519. The van der Waals surface area contributed by atoms with Crippen molar-refractivity contribution >= 4 is 17.7 Å². The van der Waals surface area contributed by atoms with Gasteiger partial charge in [0.15, 0.2) is 5.78 Å². The highest BCUT2D eigenvalue weighted by Gasteiger charge is 2.26. The second-order valence-corrected chi connectivity index (χ2v) is 7.07. The van der Waals surface area contributed by atoms with Gasteiger partial charge in [0, 0.05) is 37.1 Å². The Kier molecular flexibility index (Phi) is 8.81. The summed E-state index contributed by atoms with van der Waals surface area (Å²) in [7, 11) is 3.12. The molecule has 0 atom stereocenters. The van der Waals surface area contributed by atoms with Gasteiger partial charge < -0.3 is 24.1 Å². The Hall–Kier alpha value is -3.13. The molecule has 0 unspecified atom stereocenters. The molecule has 0 saturated heterocycles. The van der Waals surface area contributed by atoms with Crippen LogP contribution in [-0.4, -0.2) is 68.1 Å². The third-order valence-electron chi connectivity index (χ3n) is 4.91. The van der Waals surface area contributed by atoms with Gasteiger partial charge in [0.25, 0.3) is 5.91 Å². The minimum atomic E-state index is -0.508. The van der Waals surface area contributed by atoms with Crippen molar-refractivity contribution in [2.24, 2.45) is 0 Å². The summed E-state index contributed by atoms with van der Waals surface area (Å²) in [6.45, 7) is 6.07. The molecule has 0 bridgehead atoms. The highest BCUT2D eigenvalue weighted by Crippen LogP contribution is 2.21. The number of benzene rings is 1. The lowest BCUT2D eigenvalue weighted by Gasteiger charge is -2.22. The van der Waals surface area contributed by atoms with E-state index in [4.69, 9.17) is 14.2 Å². The minimum absolute atomic E-state index is 0.123. The highest BCUT2D eigenvalue weighted by atomic mass is 16.5. The Bertz CT molecular complexity index is 934. The standard InChI is InChI=1S/C23H30N2O6/c1-6-31-23(28)21-15(2)20(16(3)24-21)19(26)14-25(11-8-12-29-4)22(27)17-9-7-10-18(13-17)30-5/h7,9-10,13,24H,6,8,11-12,14H2,1-5H3. The van der Waals surface area contributed by atoms with Crippen LogP contribution in [0.4, 0.5) is 0 Å². The summed E-state index contributed by atoms with van der Waals surface area (Å²) in [5.41, 5.74) is 2.17. The summed E-state index contributed by atoms with van der Waals surface area (Å²) in [6.07, 6.45) is 0.582. The van der Waals surface area contributed by atoms with Crippen LogP contribution < -0.4 is 4.74 Å². The van der Waals surface area contributed by atoms with E-state index in [0.717, 1.165) is 0 Å². The van der Waals surface area contributed by atoms with Crippen LogP contribution in [0, 0.1) is 13.8 Å². The Balaban J connectivity index is 2.29. The zero-order chi connectivity index (χ0) is 23.0. The predicted molar refractivity (Wildman–Crippen MR) is 116 cm³/mol. The molecule has 0 saturated carbocycles. The number of methoxy groups -OCH3 is 2. The molecule has 1 amide bonds. The first kappa shape index (κ1) is 24.1. The zero-order valence-electron chi connectivity index (χ0n) is 18.7. The number of rotatable bonds is 11. The van der Waals surface area contributed by atoms with E-state index in [1.807, 2.05) is 0 Å². The van der Waals surface area contributed by atoms with Gasteiger partial charge in [-0.15, -0.1) is 0 Å². The van der Waals surface area contributed by atoms with Crippen LogP contribution in [0.3, 0.4) is 0 Å². The molecular formula is C23H30N2O6. The predicted octanol–water partition coefficient (Wildman–Crippen LogP) is 3.18. The van der Waals surface area contributed by atoms with Crippen LogP contribution in [-0.2, 0) is 9.47 Å². The number of hydrogen-bond acceptors (Lipinski definition) is 6. The van der Waals surface area contributed by atoms with Gasteiger partial charge in [0.05, 0.1) is 20.3 Å². The van der Waals surface area contributed by atoms with E-state index in [-0.39, 0.29) is 30.5 Å². The number of aromatic nitrogens is 1. The van der Waals surface area contributed by atoms with E-state index in [1.165, 1.54) is 12.0 Å². The zero-order valence-corrected chi connectivity index (χ0v) is 18.7. The Morgan fingerprint density at radius 1 is 1.13 bits per heavy atom. The Morgan fingerprint density at radius 2 is 1.87 bits per heavy atom. The number of ether oxygens (including phenoxy) is 3.